The molecule has 1 heterocycles. The van der Waals surface area contributed by atoms with Gasteiger partial charge in [0, 0.05) is 11.3 Å². The van der Waals surface area contributed by atoms with Gasteiger partial charge in [-0.1, -0.05) is 12.1 Å². The van der Waals surface area contributed by atoms with E-state index in [0.717, 1.165) is 5.22 Å². The van der Waals surface area contributed by atoms with Crippen LogP contribution in [0.15, 0.2) is 39.7 Å². The van der Waals surface area contributed by atoms with Crippen molar-refractivity contribution >= 4 is 6.01 Å². The molecule has 1 aromatic heterocycles. The van der Waals surface area contributed by atoms with Crippen molar-refractivity contribution in [3.63, 3.8) is 0 Å². The van der Waals surface area contributed by atoms with E-state index in [1.165, 1.54) is 17.5 Å². The average Bonchev–Trinajstić information content (AvgIpc) is 2.14. The maximum Gasteiger partial charge on any atom is 0.295 e. The van der Waals surface area contributed by atoms with E-state index in [-0.39, 0.29) is 11.6 Å². The summed E-state index contributed by atoms with van der Waals surface area (Å²) in [6, 6.07) is 6.74. The summed E-state index contributed by atoms with van der Waals surface area (Å²) >= 11 is 0. The first kappa shape index (κ1) is 9.26. The van der Waals surface area contributed by atoms with E-state index < -0.39 is 0 Å². The Morgan fingerprint density at radius 3 is 2.33 bits per heavy atom. The Bertz CT molecular complexity index is 634. The van der Waals surface area contributed by atoms with Gasteiger partial charge in [-0.3, -0.25) is 4.79 Å². The molecule has 76 valence electrons. The molecule has 0 atom stereocenters. The summed E-state index contributed by atoms with van der Waals surface area (Å²) in [6.45, 7) is 0. The topological polar surface area (TPSA) is 89.4 Å². The number of phenolic OH excluding ortho intramolecular Hbond substituents is 1. The van der Waals surface area contributed by atoms with E-state index in [0.29, 0.717) is 5.75 Å². The lowest BCUT2D eigenvalue weighted by atomic mass is 10.1. The van der Waals surface area contributed by atoms with Crippen LogP contribution < -0.4 is 11.3 Å². The molecular formula is C10H8N2O3. The maximum absolute atomic E-state index is 10.2. The number of phenols is 1. The highest BCUT2D eigenvalue weighted by atomic mass is 16.3. The number of nitrogens with zero attached hydrogens (tertiary/aromatic N) is 1. The molecule has 2 aliphatic carbocycles. The van der Waals surface area contributed by atoms with Crippen LogP contribution in [-0.4, -0.2) is 10.1 Å². The molecule has 15 heavy (non-hydrogen) atoms. The van der Waals surface area contributed by atoms with Gasteiger partial charge in [0.05, 0.1) is 0 Å². The van der Waals surface area contributed by atoms with Crippen molar-refractivity contribution in [2.75, 3.05) is 5.73 Å². The molecule has 0 saturated heterocycles. The number of hydrogen-bond acceptors (Lipinski definition) is 5. The molecule has 3 N–H and O–H groups in total. The highest BCUT2D eigenvalue weighted by Gasteiger charge is 2.00. The van der Waals surface area contributed by atoms with Crippen LogP contribution in [0.1, 0.15) is 0 Å². The SMILES string of the molecule is Nc1nc(=O)cco1.Oc1cc2ccc1=2. The van der Waals surface area contributed by atoms with Gasteiger partial charge in [-0.05, 0) is 11.3 Å². The molecule has 0 spiro atoms. The van der Waals surface area contributed by atoms with E-state index in [1.54, 1.807) is 6.07 Å². The molecule has 0 saturated carbocycles. The lowest BCUT2D eigenvalue weighted by molar-refractivity contribution is 0.465. The molecule has 0 bridgehead atoms. The largest absolute Gasteiger partial charge is 0.507 e. The quantitative estimate of drug-likeness (QED) is 0.560. The Hall–Kier alpha value is -2.30. The molecular weight excluding hydrogens is 196 g/mol. The Balaban J connectivity index is 0.000000114. The smallest absolute Gasteiger partial charge is 0.295 e. The standard InChI is InChI=1S/C6H4O.C4H4N2O2/c7-6-3-4-1-2-5(4)6;5-4-6-3(7)1-2-8-4/h1-3,7H;1-2H,(H2,5,6,7). The van der Waals surface area contributed by atoms with Crippen molar-refractivity contribution in [1.29, 1.82) is 0 Å². The average molecular weight is 204 g/mol. The number of aromatic hydroxyl groups is 1. The third-order valence-corrected chi connectivity index (χ3v) is 1.93. The number of nitrogen functional groups attached to an aromatic ring is 1. The van der Waals surface area contributed by atoms with E-state index in [9.17, 15) is 4.79 Å². The molecule has 2 aliphatic rings. The first-order chi connectivity index (χ1) is 7.16. The molecule has 0 amide bonds. The van der Waals surface area contributed by atoms with Crippen molar-refractivity contribution in [2.45, 2.75) is 0 Å². The number of nitrogens with two attached hydrogens (primary N) is 1. The normalized spacial score (nSPS) is 10.1. The minimum atomic E-state index is -0.381. The molecule has 1 aromatic rings. The fourth-order valence-corrected chi connectivity index (χ4v) is 1.10. The van der Waals surface area contributed by atoms with Gasteiger partial charge in [0.2, 0.25) is 0 Å². The monoisotopic (exact) mass is 204 g/mol. The van der Waals surface area contributed by atoms with Crippen molar-refractivity contribution < 1.29 is 9.52 Å². The molecule has 0 radical (unpaired) electrons. The van der Waals surface area contributed by atoms with Gasteiger partial charge in [0.1, 0.15) is 12.0 Å². The van der Waals surface area contributed by atoms with E-state index in [4.69, 9.17) is 10.8 Å². The lowest BCUT2D eigenvalue weighted by Gasteiger charge is -2.02. The van der Waals surface area contributed by atoms with E-state index >= 15 is 0 Å². The summed E-state index contributed by atoms with van der Waals surface area (Å²) in [4.78, 5) is 13.5. The van der Waals surface area contributed by atoms with Crippen molar-refractivity contribution in [1.82, 2.24) is 4.98 Å². The molecule has 0 unspecified atom stereocenters. The summed E-state index contributed by atoms with van der Waals surface area (Å²) < 4.78 is 4.47. The third-order valence-electron chi connectivity index (χ3n) is 1.93. The van der Waals surface area contributed by atoms with Crippen LogP contribution in [-0.2, 0) is 0 Å². The molecule has 0 aliphatic heterocycles. The predicted octanol–water partition coefficient (Wildman–Crippen LogP) is 0.610. The van der Waals surface area contributed by atoms with E-state index in [1.807, 2.05) is 12.1 Å². The van der Waals surface area contributed by atoms with Crippen LogP contribution in [0.3, 0.4) is 0 Å². The number of aromatic nitrogens is 1. The van der Waals surface area contributed by atoms with Gasteiger partial charge in [-0.15, -0.1) is 0 Å². The van der Waals surface area contributed by atoms with Crippen LogP contribution in [0, 0.1) is 10.4 Å². The van der Waals surface area contributed by atoms with Gasteiger partial charge in [0.15, 0.2) is 0 Å². The summed E-state index contributed by atoms with van der Waals surface area (Å²) in [6.07, 6.45) is 1.20. The highest BCUT2D eigenvalue weighted by molar-refractivity contribution is 5.37. The first-order valence-electron chi connectivity index (χ1n) is 4.21. The van der Waals surface area contributed by atoms with Gasteiger partial charge in [-0.2, -0.15) is 4.98 Å². The zero-order chi connectivity index (χ0) is 10.8. The maximum atomic E-state index is 10.2. The van der Waals surface area contributed by atoms with Gasteiger partial charge < -0.3 is 15.3 Å². The van der Waals surface area contributed by atoms with Crippen molar-refractivity contribution in [2.24, 2.45) is 0 Å². The molecule has 0 aromatic carbocycles. The van der Waals surface area contributed by atoms with Crippen LogP contribution in [0.2, 0.25) is 0 Å². The van der Waals surface area contributed by atoms with Crippen molar-refractivity contribution in [3.05, 3.63) is 51.3 Å². The second-order valence-electron chi connectivity index (χ2n) is 2.94. The fraction of sp³-hybridized carbons (Fsp3) is 0. The van der Waals surface area contributed by atoms with Crippen molar-refractivity contribution in [3.8, 4) is 5.75 Å². The summed E-state index contributed by atoms with van der Waals surface area (Å²) in [5, 5.41) is 10.9. The Morgan fingerprint density at radius 2 is 2.13 bits per heavy atom. The van der Waals surface area contributed by atoms with Crippen LogP contribution in [0.4, 0.5) is 6.01 Å². The zero-order valence-electron chi connectivity index (χ0n) is 7.68. The number of rotatable bonds is 0. The predicted molar refractivity (Wildman–Crippen MR) is 53.0 cm³/mol. The van der Waals surface area contributed by atoms with Crippen LogP contribution >= 0.6 is 0 Å². The fourth-order valence-electron chi connectivity index (χ4n) is 1.10. The molecule has 5 heteroatoms. The molecule has 0 fully saturated rings. The summed E-state index contributed by atoms with van der Waals surface area (Å²) in [5.41, 5.74) is 4.60. The summed E-state index contributed by atoms with van der Waals surface area (Å²) in [7, 11) is 0. The third kappa shape index (κ3) is 1.80. The Kier molecular flexibility index (Phi) is 2.13. The van der Waals surface area contributed by atoms with E-state index in [2.05, 4.69) is 9.40 Å². The lowest BCUT2D eigenvalue weighted by Crippen LogP contribution is -2.04. The van der Waals surface area contributed by atoms with Crippen LogP contribution in [0.5, 0.6) is 5.75 Å². The second-order valence-corrected chi connectivity index (χ2v) is 2.94. The minimum Gasteiger partial charge on any atom is -0.507 e. The van der Waals surface area contributed by atoms with Gasteiger partial charge in [0.25, 0.3) is 11.6 Å². The number of benzene rings is 1. The highest BCUT2D eigenvalue weighted by Crippen LogP contribution is 2.21. The van der Waals surface area contributed by atoms with Gasteiger partial charge in [-0.25, -0.2) is 0 Å². The molecule has 5 nitrogen and oxygen atoms in total. The Morgan fingerprint density at radius 1 is 1.33 bits per heavy atom. The molecule has 3 rings (SSSR count). The number of anilines is 1. The summed E-state index contributed by atoms with van der Waals surface area (Å²) in [5.74, 6) is 0.442. The second kappa shape index (κ2) is 3.45. The zero-order valence-corrected chi connectivity index (χ0v) is 7.68. The minimum absolute atomic E-state index is 0.0995. The Labute approximate surface area is 84.1 Å². The number of hydrogen-bond donors (Lipinski definition) is 2. The van der Waals surface area contributed by atoms with Gasteiger partial charge >= 0.3 is 0 Å². The first-order valence-corrected chi connectivity index (χ1v) is 4.21. The van der Waals surface area contributed by atoms with Crippen LogP contribution in [0.25, 0.3) is 0 Å².